The highest BCUT2D eigenvalue weighted by atomic mass is 32.2. The minimum Gasteiger partial charge on any atom is -0.497 e. The smallest absolute Gasteiger partial charge is 0.352 e. The van der Waals surface area contributed by atoms with E-state index in [9.17, 15) is 23.1 Å². The second kappa shape index (κ2) is 18.3. The van der Waals surface area contributed by atoms with Crippen LogP contribution in [0.1, 0.15) is 43.9 Å². The summed E-state index contributed by atoms with van der Waals surface area (Å²) in [5, 5.41) is 13.9. The lowest BCUT2D eigenvalue weighted by Crippen LogP contribution is -2.37. The van der Waals surface area contributed by atoms with Crippen LogP contribution >= 0.6 is 0 Å². The summed E-state index contributed by atoms with van der Waals surface area (Å²) in [6.45, 7) is 7.61. The van der Waals surface area contributed by atoms with Crippen LogP contribution in [0.2, 0.25) is 0 Å². The van der Waals surface area contributed by atoms with Crippen LogP contribution in [0, 0.1) is 5.41 Å². The molecule has 1 atom stereocenters. The van der Waals surface area contributed by atoms with Crippen LogP contribution in [0.25, 0.3) is 10.8 Å². The molecule has 2 aromatic heterocycles. The van der Waals surface area contributed by atoms with E-state index in [4.69, 9.17) is 29.5 Å². The summed E-state index contributed by atoms with van der Waals surface area (Å²) in [5.74, 6) is 1.24. The number of carboxylic acids is 1. The van der Waals surface area contributed by atoms with Crippen molar-refractivity contribution in [3.63, 3.8) is 0 Å². The van der Waals surface area contributed by atoms with E-state index < -0.39 is 33.7 Å². The maximum Gasteiger partial charge on any atom is 0.352 e. The predicted molar refractivity (Wildman–Crippen MR) is 230 cm³/mol. The van der Waals surface area contributed by atoms with Crippen molar-refractivity contribution in [2.24, 2.45) is 18.2 Å². The number of urea groups is 1. The van der Waals surface area contributed by atoms with Crippen LogP contribution < -0.4 is 30.2 Å². The molecule has 16 nitrogen and oxygen atoms in total. The molecule has 2 amide bonds. The Labute approximate surface area is 354 Å². The molecule has 0 aliphatic rings. The number of carbonyl (C=O) groups is 2. The van der Waals surface area contributed by atoms with E-state index >= 15 is 0 Å². The van der Waals surface area contributed by atoms with E-state index in [1.165, 1.54) is 30.2 Å². The standard InChI is InChI=1S/C44H48N6O10S/c1-28(58-26-30-15-18-38(42(51)52)48(30)5)59-40-24-31(56-6)16-17-36(40)47-41-25-32(21-22-46-41)60-39-20-19-37(34-13-8-9-14-35(34)39)50(43(45)53)29-11-10-12-33(23-29)61(54,55)49(57-7)27-44(2,3)4/h8-25,28H,26-27H2,1-7H3,(H2,45,53)(H,46,47)(H,51,52). The van der Waals surface area contributed by atoms with E-state index in [0.29, 0.717) is 56.7 Å². The SMILES string of the molecule is COc1ccc(Nc2cc(Oc3ccc(N(C(N)=O)c4cccc(S(=O)(=O)N(CC(C)(C)C)OC)c4)c4ccccc34)ccn2)c(OC(C)OCc2ccc(C(=O)O)n2C)c1. The molecular weight excluding hydrogens is 805 g/mol. The molecule has 0 saturated carbocycles. The maximum atomic E-state index is 13.7. The van der Waals surface area contributed by atoms with Crippen molar-refractivity contribution >= 4 is 55.7 Å². The summed E-state index contributed by atoms with van der Waals surface area (Å²) in [6, 6.07) is 27.6. The van der Waals surface area contributed by atoms with Crippen LogP contribution in [0.4, 0.5) is 27.7 Å². The summed E-state index contributed by atoms with van der Waals surface area (Å²) in [4.78, 5) is 35.6. The normalized spacial score (nSPS) is 12.3. The van der Waals surface area contributed by atoms with Crippen molar-refractivity contribution in [1.82, 2.24) is 14.0 Å². The van der Waals surface area contributed by atoms with Crippen LogP contribution in [-0.4, -0.2) is 66.6 Å². The first-order chi connectivity index (χ1) is 29.0. The first kappa shape index (κ1) is 43.9. The van der Waals surface area contributed by atoms with E-state index in [1.54, 1.807) is 92.5 Å². The number of nitrogens with one attached hydrogen (secondary N) is 1. The summed E-state index contributed by atoms with van der Waals surface area (Å²) in [7, 11) is 0.379. The number of pyridine rings is 1. The van der Waals surface area contributed by atoms with Gasteiger partial charge in [0.2, 0.25) is 0 Å². The van der Waals surface area contributed by atoms with E-state index in [-0.39, 0.29) is 29.4 Å². The zero-order valence-corrected chi connectivity index (χ0v) is 35.6. The van der Waals surface area contributed by atoms with Gasteiger partial charge in [-0.1, -0.05) is 55.6 Å². The second-order valence-electron chi connectivity index (χ2n) is 15.0. The number of nitrogens with zero attached hydrogens (tertiary/aromatic N) is 4. The molecule has 17 heteroatoms. The van der Waals surface area contributed by atoms with E-state index in [2.05, 4.69) is 10.3 Å². The molecule has 1 unspecified atom stereocenters. The summed E-state index contributed by atoms with van der Waals surface area (Å²) >= 11 is 0. The van der Waals surface area contributed by atoms with Crippen molar-refractivity contribution in [1.29, 1.82) is 0 Å². The molecule has 0 bridgehead atoms. The van der Waals surface area contributed by atoms with Gasteiger partial charge >= 0.3 is 12.0 Å². The number of hydroxylamine groups is 1. The van der Waals surface area contributed by atoms with Gasteiger partial charge in [0.05, 0.1) is 42.8 Å². The number of carbonyl (C=O) groups excluding carboxylic acids is 1. The molecule has 4 N–H and O–H groups in total. The molecule has 2 heterocycles. The third-order valence-electron chi connectivity index (χ3n) is 9.39. The molecule has 0 saturated heterocycles. The quantitative estimate of drug-likeness (QED) is 0.0585. The van der Waals surface area contributed by atoms with E-state index in [1.807, 2.05) is 45.0 Å². The number of aromatic nitrogens is 2. The van der Waals surface area contributed by atoms with Gasteiger partial charge in [-0.15, -0.1) is 0 Å². The lowest BCUT2D eigenvalue weighted by molar-refractivity contribution is -0.0771. The number of benzene rings is 4. The molecule has 0 radical (unpaired) electrons. The minimum absolute atomic E-state index is 0.0782. The van der Waals surface area contributed by atoms with Crippen LogP contribution in [-0.2, 0) is 33.3 Å². The van der Waals surface area contributed by atoms with Gasteiger partial charge in [0, 0.05) is 48.4 Å². The number of ether oxygens (including phenoxy) is 4. The fourth-order valence-electron chi connectivity index (χ4n) is 6.43. The molecule has 0 fully saturated rings. The average molecular weight is 853 g/mol. The highest BCUT2D eigenvalue weighted by Crippen LogP contribution is 2.40. The maximum absolute atomic E-state index is 13.7. The zero-order chi connectivity index (χ0) is 44.1. The second-order valence-corrected chi connectivity index (χ2v) is 16.9. The van der Waals surface area contributed by atoms with Gasteiger partial charge in [-0.2, -0.15) is 0 Å². The minimum atomic E-state index is -4.11. The Bertz CT molecular complexity index is 2660. The Morgan fingerprint density at radius 3 is 2.33 bits per heavy atom. The van der Waals surface area contributed by atoms with Gasteiger partial charge in [0.15, 0.2) is 6.29 Å². The van der Waals surface area contributed by atoms with Crippen molar-refractivity contribution in [2.45, 2.75) is 45.5 Å². The number of hydrogen-bond donors (Lipinski definition) is 3. The molecule has 320 valence electrons. The van der Waals surface area contributed by atoms with Gasteiger partial charge in [0.25, 0.3) is 10.0 Å². The Morgan fingerprint density at radius 1 is 0.902 bits per heavy atom. The fraction of sp³-hybridized carbons (Fsp3) is 0.250. The number of carboxylic acid groups (broad SMARTS) is 1. The summed E-state index contributed by atoms with van der Waals surface area (Å²) in [5.41, 5.74) is 7.58. The number of rotatable bonds is 17. The number of anilines is 4. The molecule has 0 aliphatic heterocycles. The number of primary amides is 1. The highest BCUT2D eigenvalue weighted by Gasteiger charge is 2.30. The number of aromatic carboxylic acids is 1. The summed E-state index contributed by atoms with van der Waals surface area (Å²) < 4.78 is 53.7. The third kappa shape index (κ3) is 10.2. The van der Waals surface area contributed by atoms with Gasteiger partial charge < -0.3 is 39.7 Å². The number of nitrogens with two attached hydrogens (primary N) is 1. The van der Waals surface area contributed by atoms with Crippen molar-refractivity contribution in [2.75, 3.05) is 31.0 Å². The largest absolute Gasteiger partial charge is 0.497 e. The van der Waals surface area contributed by atoms with Crippen LogP contribution in [0.3, 0.4) is 0 Å². The number of sulfonamides is 1. The zero-order valence-electron chi connectivity index (χ0n) is 34.8. The van der Waals surface area contributed by atoms with Gasteiger partial charge in [-0.3, -0.25) is 9.74 Å². The highest BCUT2D eigenvalue weighted by molar-refractivity contribution is 7.89. The Kier molecular flexibility index (Phi) is 13.2. The van der Waals surface area contributed by atoms with Gasteiger partial charge in [0.1, 0.15) is 34.5 Å². The Balaban J connectivity index is 1.24. The van der Waals surface area contributed by atoms with Crippen molar-refractivity contribution < 1.29 is 46.9 Å². The predicted octanol–water partition coefficient (Wildman–Crippen LogP) is 8.57. The molecule has 0 spiro atoms. The fourth-order valence-corrected chi connectivity index (χ4v) is 7.94. The van der Waals surface area contributed by atoms with Gasteiger partial charge in [-0.25, -0.2) is 23.0 Å². The van der Waals surface area contributed by atoms with Crippen LogP contribution in [0.5, 0.6) is 23.0 Å². The molecule has 4 aromatic carbocycles. The molecular formula is C44H48N6O10S. The average Bonchev–Trinajstić information content (AvgIpc) is 3.60. The monoisotopic (exact) mass is 852 g/mol. The number of fused-ring (bicyclic) bond motifs is 1. The lowest BCUT2D eigenvalue weighted by Gasteiger charge is -2.28. The first-order valence-electron chi connectivity index (χ1n) is 19.0. The van der Waals surface area contributed by atoms with Gasteiger partial charge in [-0.05, 0) is 73.0 Å². The topological polar surface area (TPSA) is 197 Å². The first-order valence-corrected chi connectivity index (χ1v) is 20.5. The third-order valence-corrected chi connectivity index (χ3v) is 11.0. The number of hydrogen-bond acceptors (Lipinski definition) is 11. The Hall–Kier alpha value is -6.66. The van der Waals surface area contributed by atoms with Crippen molar-refractivity contribution in [3.8, 4) is 23.0 Å². The lowest BCUT2D eigenvalue weighted by atomic mass is 9.98. The Morgan fingerprint density at radius 2 is 1.66 bits per heavy atom. The number of amides is 2. The molecule has 6 rings (SSSR count). The van der Waals surface area contributed by atoms with E-state index in [0.717, 1.165) is 4.47 Å². The molecule has 0 aliphatic carbocycles. The molecule has 61 heavy (non-hydrogen) atoms. The summed E-state index contributed by atoms with van der Waals surface area (Å²) in [6.07, 6.45) is 0.841. The van der Waals surface area contributed by atoms with Crippen molar-refractivity contribution in [3.05, 3.63) is 121 Å². The molecule has 6 aromatic rings. The number of methoxy groups -OCH3 is 1. The van der Waals surface area contributed by atoms with Crippen LogP contribution in [0.15, 0.2) is 114 Å².